The molecule has 0 atom stereocenters. The lowest BCUT2D eigenvalue weighted by atomic mass is 9.85. The Morgan fingerprint density at radius 2 is 0.979 bits per heavy atom. The van der Waals surface area contributed by atoms with Crippen molar-refractivity contribution in [1.82, 2.24) is 15.0 Å². The van der Waals surface area contributed by atoms with E-state index in [0.29, 0.717) is 0 Å². The van der Waals surface area contributed by atoms with Gasteiger partial charge in [-0.1, -0.05) is 136 Å². The summed E-state index contributed by atoms with van der Waals surface area (Å²) >= 11 is 0. The molecule has 8 rings (SSSR count). The van der Waals surface area contributed by atoms with Gasteiger partial charge in [-0.15, -0.1) is 0 Å². The van der Waals surface area contributed by atoms with Crippen molar-refractivity contribution in [2.45, 2.75) is 26.2 Å². The maximum atomic E-state index is 5.34. The van der Waals surface area contributed by atoms with E-state index in [1.807, 2.05) is 12.3 Å². The highest BCUT2D eigenvalue weighted by atomic mass is 14.8. The SMILES string of the molecule is CC(C)(C)c1cc(-c2cccc(-c3ccccc3)c2)nc(-c2cccc3c2[nH]c2c(-c4cc(-c5ccccc5)ccn4)cccc23)c1. The van der Waals surface area contributed by atoms with Crippen molar-refractivity contribution < 1.29 is 0 Å². The van der Waals surface area contributed by atoms with Crippen LogP contribution >= 0.6 is 0 Å². The Balaban J connectivity index is 1.29. The second-order valence-corrected chi connectivity index (χ2v) is 13.2. The van der Waals surface area contributed by atoms with Crippen LogP contribution in [0.3, 0.4) is 0 Å². The molecule has 3 nitrogen and oxygen atoms in total. The molecule has 0 bridgehead atoms. The number of H-pyrrole nitrogens is 1. The number of hydrogen-bond acceptors (Lipinski definition) is 2. The first kappa shape index (κ1) is 28.7. The zero-order chi connectivity index (χ0) is 32.0. The van der Waals surface area contributed by atoms with Crippen molar-refractivity contribution in [3.05, 3.63) is 157 Å². The summed E-state index contributed by atoms with van der Waals surface area (Å²) < 4.78 is 0. The van der Waals surface area contributed by atoms with E-state index in [1.54, 1.807) is 0 Å². The molecule has 0 aliphatic rings. The molecule has 5 aromatic carbocycles. The summed E-state index contributed by atoms with van der Waals surface area (Å²) in [6.45, 7) is 6.80. The second-order valence-electron chi connectivity index (χ2n) is 13.2. The molecule has 0 unspecified atom stereocenters. The van der Waals surface area contributed by atoms with E-state index in [0.717, 1.165) is 50.4 Å². The first-order chi connectivity index (χ1) is 22.9. The first-order valence-electron chi connectivity index (χ1n) is 16.2. The van der Waals surface area contributed by atoms with E-state index >= 15 is 0 Å². The van der Waals surface area contributed by atoms with Crippen LogP contribution in [0.5, 0.6) is 0 Å². The standard InChI is InChI=1S/C44H35N3/c1-44(2,3)34-27-39(33-18-10-17-31(25-33)29-13-6-4-7-14-29)46-41(28-34)38-22-12-20-36-35-19-11-21-37(42(35)47-43(36)38)40-26-32(23-24-45-40)30-15-8-5-9-16-30/h4-28,47H,1-3H3. The van der Waals surface area contributed by atoms with E-state index < -0.39 is 0 Å². The minimum Gasteiger partial charge on any atom is -0.353 e. The molecule has 1 N–H and O–H groups in total. The van der Waals surface area contributed by atoms with Gasteiger partial charge in [0.1, 0.15) is 0 Å². The van der Waals surface area contributed by atoms with Gasteiger partial charge in [0.25, 0.3) is 0 Å². The lowest BCUT2D eigenvalue weighted by Gasteiger charge is -2.21. The molecular formula is C44H35N3. The molecule has 3 aromatic heterocycles. The maximum Gasteiger partial charge on any atom is 0.0733 e. The van der Waals surface area contributed by atoms with E-state index in [-0.39, 0.29) is 5.41 Å². The summed E-state index contributed by atoms with van der Waals surface area (Å²) in [5, 5.41) is 2.35. The van der Waals surface area contributed by atoms with Crippen molar-refractivity contribution in [1.29, 1.82) is 0 Å². The third kappa shape index (κ3) is 5.40. The van der Waals surface area contributed by atoms with Crippen LogP contribution in [-0.2, 0) is 5.41 Å². The number of aromatic nitrogens is 3. The molecule has 0 saturated carbocycles. The van der Waals surface area contributed by atoms with E-state index in [2.05, 4.69) is 165 Å². The number of benzene rings is 5. The molecule has 3 heteroatoms. The number of pyridine rings is 2. The molecular weight excluding hydrogens is 571 g/mol. The fraction of sp³-hybridized carbons (Fsp3) is 0.0909. The van der Waals surface area contributed by atoms with Gasteiger partial charge in [-0.25, -0.2) is 4.98 Å². The molecule has 0 fully saturated rings. The third-order valence-electron chi connectivity index (χ3n) is 9.04. The number of fused-ring (bicyclic) bond motifs is 3. The van der Waals surface area contributed by atoms with Gasteiger partial charge in [0.05, 0.1) is 28.1 Å². The van der Waals surface area contributed by atoms with Crippen LogP contribution in [0.1, 0.15) is 26.3 Å². The van der Waals surface area contributed by atoms with Crippen molar-refractivity contribution in [2.75, 3.05) is 0 Å². The summed E-state index contributed by atoms with van der Waals surface area (Å²) in [4.78, 5) is 14.0. The fourth-order valence-corrected chi connectivity index (χ4v) is 6.50. The van der Waals surface area contributed by atoms with Crippen LogP contribution in [0.2, 0.25) is 0 Å². The van der Waals surface area contributed by atoms with Gasteiger partial charge in [-0.05, 0) is 63.6 Å². The average Bonchev–Trinajstić information content (AvgIpc) is 3.51. The molecule has 0 radical (unpaired) electrons. The van der Waals surface area contributed by atoms with Gasteiger partial charge in [0.15, 0.2) is 0 Å². The normalized spacial score (nSPS) is 11.7. The Kier molecular flexibility index (Phi) is 7.03. The number of hydrogen-bond donors (Lipinski definition) is 1. The van der Waals surface area contributed by atoms with Gasteiger partial charge in [0.2, 0.25) is 0 Å². The number of para-hydroxylation sites is 2. The lowest BCUT2D eigenvalue weighted by Crippen LogP contribution is -2.12. The van der Waals surface area contributed by atoms with Crippen LogP contribution in [0.15, 0.2) is 152 Å². The number of nitrogens with one attached hydrogen (secondary N) is 1. The Morgan fingerprint density at radius 3 is 1.62 bits per heavy atom. The van der Waals surface area contributed by atoms with Crippen molar-refractivity contribution >= 4 is 21.8 Å². The summed E-state index contributed by atoms with van der Waals surface area (Å²) in [5.74, 6) is 0. The summed E-state index contributed by atoms with van der Waals surface area (Å²) in [6, 6.07) is 51.5. The Morgan fingerprint density at radius 1 is 0.447 bits per heavy atom. The third-order valence-corrected chi connectivity index (χ3v) is 9.04. The minimum atomic E-state index is -0.0551. The topological polar surface area (TPSA) is 41.6 Å². The zero-order valence-electron chi connectivity index (χ0n) is 26.8. The molecule has 47 heavy (non-hydrogen) atoms. The van der Waals surface area contributed by atoms with E-state index in [4.69, 9.17) is 9.97 Å². The van der Waals surface area contributed by atoms with Crippen LogP contribution in [0, 0.1) is 0 Å². The van der Waals surface area contributed by atoms with Crippen LogP contribution in [0.4, 0.5) is 0 Å². The van der Waals surface area contributed by atoms with Crippen molar-refractivity contribution in [3.8, 4) is 56.0 Å². The summed E-state index contributed by atoms with van der Waals surface area (Å²) in [6.07, 6.45) is 1.90. The minimum absolute atomic E-state index is 0.0551. The smallest absolute Gasteiger partial charge is 0.0733 e. The molecule has 0 amide bonds. The van der Waals surface area contributed by atoms with Crippen molar-refractivity contribution in [3.63, 3.8) is 0 Å². The number of nitrogens with zero attached hydrogens (tertiary/aromatic N) is 2. The highest BCUT2D eigenvalue weighted by Crippen LogP contribution is 2.39. The lowest BCUT2D eigenvalue weighted by molar-refractivity contribution is 0.590. The zero-order valence-corrected chi connectivity index (χ0v) is 26.8. The van der Waals surface area contributed by atoms with Gasteiger partial charge in [-0.2, -0.15) is 0 Å². The fourth-order valence-electron chi connectivity index (χ4n) is 6.50. The summed E-state index contributed by atoms with van der Waals surface area (Å²) in [7, 11) is 0. The van der Waals surface area contributed by atoms with Gasteiger partial charge < -0.3 is 4.98 Å². The average molecular weight is 606 g/mol. The molecule has 0 saturated heterocycles. The molecule has 3 heterocycles. The van der Waals surface area contributed by atoms with Crippen molar-refractivity contribution in [2.24, 2.45) is 0 Å². The first-order valence-corrected chi connectivity index (χ1v) is 16.2. The highest BCUT2D eigenvalue weighted by Gasteiger charge is 2.20. The van der Waals surface area contributed by atoms with Crippen LogP contribution < -0.4 is 0 Å². The monoisotopic (exact) mass is 605 g/mol. The van der Waals surface area contributed by atoms with Gasteiger partial charge in [-0.3, -0.25) is 4.98 Å². The highest BCUT2D eigenvalue weighted by molar-refractivity contribution is 6.15. The van der Waals surface area contributed by atoms with Gasteiger partial charge >= 0.3 is 0 Å². The second kappa shape index (κ2) is 11.5. The Hall–Kier alpha value is -5.80. The predicted octanol–water partition coefficient (Wildman–Crippen LogP) is 11.7. The van der Waals surface area contributed by atoms with Crippen LogP contribution in [-0.4, -0.2) is 15.0 Å². The van der Waals surface area contributed by atoms with Gasteiger partial charge in [0, 0.05) is 33.7 Å². The largest absolute Gasteiger partial charge is 0.353 e. The van der Waals surface area contributed by atoms with Crippen LogP contribution in [0.25, 0.3) is 77.8 Å². The molecule has 226 valence electrons. The number of rotatable bonds is 5. The summed E-state index contributed by atoms with van der Waals surface area (Å²) in [5.41, 5.74) is 14.2. The molecule has 0 aliphatic carbocycles. The van der Waals surface area contributed by atoms with E-state index in [1.165, 1.54) is 33.0 Å². The Bertz CT molecular complexity index is 2380. The Labute approximate surface area is 275 Å². The maximum absolute atomic E-state index is 5.34. The quantitative estimate of drug-likeness (QED) is 0.212. The number of aromatic amines is 1. The molecule has 0 aliphatic heterocycles. The molecule has 0 spiro atoms. The predicted molar refractivity (Wildman–Crippen MR) is 197 cm³/mol. The molecule has 8 aromatic rings. The van der Waals surface area contributed by atoms with E-state index in [9.17, 15) is 0 Å².